The number of aromatic nitrogens is 3. The number of rotatable bonds is 5. The molecule has 4 heteroatoms. The van der Waals surface area contributed by atoms with Crippen LogP contribution >= 0.6 is 0 Å². The normalized spacial score (nSPS) is 13.5. The highest BCUT2D eigenvalue weighted by Gasteiger charge is 2.20. The molecule has 0 aliphatic heterocycles. The van der Waals surface area contributed by atoms with Crippen molar-refractivity contribution in [2.75, 3.05) is 7.05 Å². The van der Waals surface area contributed by atoms with Gasteiger partial charge in [0, 0.05) is 0 Å². The van der Waals surface area contributed by atoms with Gasteiger partial charge >= 0.3 is 0 Å². The lowest BCUT2D eigenvalue weighted by Crippen LogP contribution is -2.25. The van der Waals surface area contributed by atoms with E-state index in [1.165, 1.54) is 0 Å². The summed E-state index contributed by atoms with van der Waals surface area (Å²) in [6, 6.07) is 0.303. The molecule has 1 atom stereocenters. The summed E-state index contributed by atoms with van der Waals surface area (Å²) in [5.74, 6) is 1.56. The van der Waals surface area contributed by atoms with E-state index < -0.39 is 0 Å². The average Bonchev–Trinajstić information content (AvgIpc) is 2.66. The Balaban J connectivity index is 2.72. The average molecular weight is 182 g/mol. The van der Waals surface area contributed by atoms with Crippen molar-refractivity contribution in [2.24, 2.45) is 5.92 Å². The quantitative estimate of drug-likeness (QED) is 0.725. The van der Waals surface area contributed by atoms with Gasteiger partial charge in [-0.2, -0.15) is 5.10 Å². The molecule has 0 aliphatic rings. The van der Waals surface area contributed by atoms with Crippen molar-refractivity contribution in [3.8, 4) is 0 Å². The Labute approximate surface area is 79.2 Å². The molecular weight excluding hydrogens is 164 g/mol. The van der Waals surface area contributed by atoms with Crippen molar-refractivity contribution in [1.29, 1.82) is 0 Å². The van der Waals surface area contributed by atoms with Crippen LogP contribution < -0.4 is 5.32 Å². The number of H-pyrrole nitrogens is 1. The standard InChI is InChI=1S/C9H18N4/c1-4-7(5-2)8(10-3)9-11-6-12-13-9/h6-8,10H,4-5H2,1-3H3,(H,11,12,13). The second-order valence-electron chi connectivity index (χ2n) is 3.21. The molecule has 0 bridgehead atoms. The molecule has 2 N–H and O–H groups in total. The largest absolute Gasteiger partial charge is 0.310 e. The van der Waals surface area contributed by atoms with Crippen molar-refractivity contribution in [3.05, 3.63) is 12.2 Å². The van der Waals surface area contributed by atoms with Gasteiger partial charge in [-0.1, -0.05) is 26.7 Å². The third-order valence-electron chi connectivity index (χ3n) is 2.56. The number of nitrogens with zero attached hydrogens (tertiary/aromatic N) is 2. The summed E-state index contributed by atoms with van der Waals surface area (Å²) < 4.78 is 0. The van der Waals surface area contributed by atoms with Crippen molar-refractivity contribution in [3.63, 3.8) is 0 Å². The molecule has 1 heterocycles. The summed E-state index contributed by atoms with van der Waals surface area (Å²) in [6.45, 7) is 4.41. The van der Waals surface area contributed by atoms with Gasteiger partial charge in [-0.3, -0.25) is 5.10 Å². The third kappa shape index (κ3) is 2.28. The zero-order chi connectivity index (χ0) is 9.68. The van der Waals surface area contributed by atoms with E-state index in [1.54, 1.807) is 6.33 Å². The fraction of sp³-hybridized carbons (Fsp3) is 0.778. The molecule has 0 radical (unpaired) electrons. The summed E-state index contributed by atoms with van der Waals surface area (Å²) in [4.78, 5) is 4.18. The molecule has 0 saturated heterocycles. The van der Waals surface area contributed by atoms with E-state index in [9.17, 15) is 0 Å². The van der Waals surface area contributed by atoms with Crippen LogP contribution in [0, 0.1) is 5.92 Å². The van der Waals surface area contributed by atoms with Gasteiger partial charge in [0.05, 0.1) is 6.04 Å². The highest BCUT2D eigenvalue weighted by molar-refractivity contribution is 4.93. The maximum atomic E-state index is 4.18. The Morgan fingerprint density at radius 3 is 2.54 bits per heavy atom. The molecule has 1 aromatic rings. The second kappa shape index (κ2) is 4.97. The molecule has 13 heavy (non-hydrogen) atoms. The maximum absolute atomic E-state index is 4.18. The first-order valence-corrected chi connectivity index (χ1v) is 4.86. The minimum absolute atomic E-state index is 0.303. The fourth-order valence-electron chi connectivity index (χ4n) is 1.72. The molecule has 0 aromatic carbocycles. The van der Waals surface area contributed by atoms with E-state index in [0.29, 0.717) is 12.0 Å². The van der Waals surface area contributed by atoms with Crippen LogP contribution in [0.1, 0.15) is 38.6 Å². The summed E-state index contributed by atoms with van der Waals surface area (Å²) in [5.41, 5.74) is 0. The lowest BCUT2D eigenvalue weighted by Gasteiger charge is -2.22. The van der Waals surface area contributed by atoms with E-state index in [-0.39, 0.29) is 0 Å². The Morgan fingerprint density at radius 2 is 2.15 bits per heavy atom. The highest BCUT2D eigenvalue weighted by atomic mass is 15.2. The van der Waals surface area contributed by atoms with Gasteiger partial charge in [-0.05, 0) is 13.0 Å². The lowest BCUT2D eigenvalue weighted by molar-refractivity contribution is 0.347. The number of hydrogen-bond acceptors (Lipinski definition) is 3. The molecule has 1 unspecified atom stereocenters. The molecule has 4 nitrogen and oxygen atoms in total. The van der Waals surface area contributed by atoms with E-state index in [0.717, 1.165) is 18.7 Å². The molecular formula is C9H18N4. The van der Waals surface area contributed by atoms with E-state index in [4.69, 9.17) is 0 Å². The summed E-state index contributed by atoms with van der Waals surface area (Å²) >= 11 is 0. The van der Waals surface area contributed by atoms with Crippen molar-refractivity contribution in [1.82, 2.24) is 20.5 Å². The Morgan fingerprint density at radius 1 is 1.46 bits per heavy atom. The van der Waals surface area contributed by atoms with Crippen molar-refractivity contribution in [2.45, 2.75) is 32.7 Å². The number of nitrogens with one attached hydrogen (secondary N) is 2. The number of hydrogen-bond donors (Lipinski definition) is 2. The fourth-order valence-corrected chi connectivity index (χ4v) is 1.72. The van der Waals surface area contributed by atoms with Crippen LogP contribution in [0.3, 0.4) is 0 Å². The summed E-state index contributed by atoms with van der Waals surface area (Å²) in [7, 11) is 1.96. The first-order chi connectivity index (χ1) is 6.33. The Kier molecular flexibility index (Phi) is 3.89. The molecule has 0 saturated carbocycles. The zero-order valence-electron chi connectivity index (χ0n) is 8.54. The molecule has 1 rings (SSSR count). The van der Waals surface area contributed by atoms with Crippen LogP contribution in [0.2, 0.25) is 0 Å². The van der Waals surface area contributed by atoms with E-state index >= 15 is 0 Å². The summed E-state index contributed by atoms with van der Waals surface area (Å²) in [5, 5.41) is 10.1. The number of aromatic amines is 1. The first kappa shape index (κ1) is 10.2. The van der Waals surface area contributed by atoms with Gasteiger partial charge in [-0.25, -0.2) is 4.98 Å². The van der Waals surface area contributed by atoms with Gasteiger partial charge < -0.3 is 5.32 Å². The van der Waals surface area contributed by atoms with Crippen molar-refractivity contribution < 1.29 is 0 Å². The first-order valence-electron chi connectivity index (χ1n) is 4.86. The molecule has 0 amide bonds. The van der Waals surface area contributed by atoms with Crippen LogP contribution in [0.25, 0.3) is 0 Å². The van der Waals surface area contributed by atoms with Crippen LogP contribution in [-0.2, 0) is 0 Å². The van der Waals surface area contributed by atoms with E-state index in [2.05, 4.69) is 34.3 Å². The molecule has 1 aromatic heterocycles. The van der Waals surface area contributed by atoms with Crippen LogP contribution in [-0.4, -0.2) is 22.2 Å². The van der Waals surface area contributed by atoms with Gasteiger partial charge in [-0.15, -0.1) is 0 Å². The molecule has 74 valence electrons. The topological polar surface area (TPSA) is 53.6 Å². The summed E-state index contributed by atoms with van der Waals surface area (Å²) in [6.07, 6.45) is 3.87. The smallest absolute Gasteiger partial charge is 0.141 e. The molecule has 0 spiro atoms. The minimum atomic E-state index is 0.303. The van der Waals surface area contributed by atoms with Gasteiger partial charge in [0.2, 0.25) is 0 Å². The van der Waals surface area contributed by atoms with E-state index in [1.807, 2.05) is 7.05 Å². The Bertz CT molecular complexity index is 216. The van der Waals surface area contributed by atoms with Gasteiger partial charge in [0.1, 0.15) is 12.2 Å². The molecule has 0 fully saturated rings. The van der Waals surface area contributed by atoms with Crippen LogP contribution in [0.4, 0.5) is 0 Å². The predicted octanol–water partition coefficient (Wildman–Crippen LogP) is 1.50. The Hall–Kier alpha value is -0.900. The lowest BCUT2D eigenvalue weighted by atomic mass is 9.94. The predicted molar refractivity (Wildman–Crippen MR) is 52.3 cm³/mol. The highest BCUT2D eigenvalue weighted by Crippen LogP contribution is 2.23. The second-order valence-corrected chi connectivity index (χ2v) is 3.21. The van der Waals surface area contributed by atoms with Crippen molar-refractivity contribution >= 4 is 0 Å². The molecule has 0 aliphatic carbocycles. The van der Waals surface area contributed by atoms with Gasteiger partial charge in [0.25, 0.3) is 0 Å². The SMILES string of the molecule is CCC(CC)C(NC)c1ncn[nH]1. The van der Waals surface area contributed by atoms with Gasteiger partial charge in [0.15, 0.2) is 0 Å². The van der Waals surface area contributed by atoms with Crippen LogP contribution in [0.5, 0.6) is 0 Å². The maximum Gasteiger partial charge on any atom is 0.141 e. The minimum Gasteiger partial charge on any atom is -0.310 e. The van der Waals surface area contributed by atoms with Crippen LogP contribution in [0.15, 0.2) is 6.33 Å². The third-order valence-corrected chi connectivity index (χ3v) is 2.56. The monoisotopic (exact) mass is 182 g/mol. The zero-order valence-corrected chi connectivity index (χ0v) is 8.54.